The maximum absolute atomic E-state index is 12.2. The molecule has 0 spiro atoms. The summed E-state index contributed by atoms with van der Waals surface area (Å²) in [7, 11) is -1.09. The number of thiol groups is 1. The van der Waals surface area contributed by atoms with Crippen molar-refractivity contribution in [1.82, 2.24) is 5.32 Å². The van der Waals surface area contributed by atoms with Gasteiger partial charge in [-0.25, -0.2) is 4.79 Å². The molecule has 0 aliphatic carbocycles. The van der Waals surface area contributed by atoms with Crippen molar-refractivity contribution in [2.24, 2.45) is 5.92 Å². The molecule has 2 N–H and O–H groups in total. The van der Waals surface area contributed by atoms with Crippen LogP contribution in [0, 0.1) is 5.92 Å². The number of carbonyl (C=O) groups is 2. The molecule has 1 unspecified atom stereocenters. The summed E-state index contributed by atoms with van der Waals surface area (Å²) in [6.07, 6.45) is 2.16. The molecule has 7 heteroatoms. The summed E-state index contributed by atoms with van der Waals surface area (Å²) in [5.41, 5.74) is 0.998. The van der Waals surface area contributed by atoms with Crippen LogP contribution in [0.15, 0.2) is 30.3 Å². The highest BCUT2D eigenvalue weighted by Crippen LogP contribution is 2.11. The summed E-state index contributed by atoms with van der Waals surface area (Å²) in [6.45, 7) is 0. The lowest BCUT2D eigenvalue weighted by molar-refractivity contribution is -0.142. The molecular weight excluding hydrogens is 322 g/mol. The first-order valence-electron chi connectivity index (χ1n) is 6.92. The predicted molar refractivity (Wildman–Crippen MR) is 90.6 cm³/mol. The monoisotopic (exact) mass is 343 g/mol. The van der Waals surface area contributed by atoms with Gasteiger partial charge in [-0.15, -0.1) is 0 Å². The molecule has 0 heterocycles. The van der Waals surface area contributed by atoms with Crippen molar-refractivity contribution in [3.05, 3.63) is 35.9 Å². The molecule has 0 aliphatic rings. The van der Waals surface area contributed by atoms with E-state index in [1.165, 1.54) is 6.26 Å². The minimum absolute atomic E-state index is 0.148. The summed E-state index contributed by atoms with van der Waals surface area (Å²) >= 11 is 4.19. The van der Waals surface area contributed by atoms with E-state index in [4.69, 9.17) is 5.11 Å². The Morgan fingerprint density at radius 1 is 1.32 bits per heavy atom. The second-order valence-corrected chi connectivity index (χ2v) is 6.95. The molecule has 0 bridgehead atoms. The molecule has 1 rings (SSSR count). The smallest absolute Gasteiger partial charge is 0.326 e. The van der Waals surface area contributed by atoms with Gasteiger partial charge in [0.1, 0.15) is 6.04 Å². The Kier molecular flexibility index (Phi) is 8.19. The van der Waals surface area contributed by atoms with Crippen molar-refractivity contribution in [2.75, 3.05) is 17.8 Å². The lowest BCUT2D eigenvalue weighted by Crippen LogP contribution is -2.45. The van der Waals surface area contributed by atoms with Crippen LogP contribution in [0.3, 0.4) is 0 Å². The van der Waals surface area contributed by atoms with Crippen molar-refractivity contribution < 1.29 is 18.9 Å². The lowest BCUT2D eigenvalue weighted by Gasteiger charge is -2.19. The van der Waals surface area contributed by atoms with Gasteiger partial charge in [0.25, 0.3) is 0 Å². The zero-order valence-corrected chi connectivity index (χ0v) is 14.1. The van der Waals surface area contributed by atoms with Crippen molar-refractivity contribution in [3.8, 4) is 0 Å². The molecular formula is C15H21NO4S2. The van der Waals surface area contributed by atoms with Crippen LogP contribution in [-0.4, -0.2) is 45.0 Å². The van der Waals surface area contributed by atoms with E-state index >= 15 is 0 Å². The normalized spacial score (nSPS) is 14.8. The van der Waals surface area contributed by atoms with Crippen LogP contribution in [0.25, 0.3) is 0 Å². The molecule has 1 aromatic rings. The summed E-state index contributed by atoms with van der Waals surface area (Å²) in [6, 6.07) is 8.48. The maximum atomic E-state index is 12.2. The Bertz CT molecular complexity index is 522. The number of hydrogen-bond acceptors (Lipinski definition) is 4. The minimum atomic E-state index is -1.11. The number of aliphatic carboxylic acids is 1. The van der Waals surface area contributed by atoms with E-state index in [0.29, 0.717) is 12.2 Å². The average Bonchev–Trinajstić information content (AvgIpc) is 2.49. The number of amides is 1. The Balaban J connectivity index is 2.65. The highest BCUT2D eigenvalue weighted by atomic mass is 32.2. The van der Waals surface area contributed by atoms with E-state index < -0.39 is 28.7 Å². The summed E-state index contributed by atoms with van der Waals surface area (Å²) in [5.74, 6) is -1.29. The van der Waals surface area contributed by atoms with Crippen molar-refractivity contribution in [1.29, 1.82) is 0 Å². The zero-order valence-electron chi connectivity index (χ0n) is 12.4. The largest absolute Gasteiger partial charge is 0.480 e. The van der Waals surface area contributed by atoms with Gasteiger partial charge in [0.2, 0.25) is 5.91 Å². The Labute approximate surface area is 138 Å². The molecule has 1 amide bonds. The molecule has 0 saturated carbocycles. The van der Waals surface area contributed by atoms with E-state index in [9.17, 15) is 13.8 Å². The highest BCUT2D eigenvalue weighted by molar-refractivity contribution is 7.84. The van der Waals surface area contributed by atoms with Gasteiger partial charge < -0.3 is 10.4 Å². The molecule has 22 heavy (non-hydrogen) atoms. The van der Waals surface area contributed by atoms with Gasteiger partial charge in [-0.2, -0.15) is 12.6 Å². The molecule has 0 fully saturated rings. The number of carbonyl (C=O) groups excluding carboxylic acids is 1. The fourth-order valence-corrected chi connectivity index (χ4v) is 2.83. The zero-order chi connectivity index (χ0) is 16.5. The number of benzene rings is 1. The number of hydrogen-bond donors (Lipinski definition) is 3. The van der Waals surface area contributed by atoms with E-state index in [0.717, 1.165) is 5.56 Å². The lowest BCUT2D eigenvalue weighted by atomic mass is 9.99. The van der Waals surface area contributed by atoms with Gasteiger partial charge >= 0.3 is 5.97 Å². The van der Waals surface area contributed by atoms with Crippen molar-refractivity contribution in [2.45, 2.75) is 18.9 Å². The molecule has 122 valence electrons. The van der Waals surface area contributed by atoms with Crippen molar-refractivity contribution in [3.63, 3.8) is 0 Å². The van der Waals surface area contributed by atoms with Gasteiger partial charge in [-0.3, -0.25) is 9.00 Å². The third kappa shape index (κ3) is 6.62. The fraction of sp³-hybridized carbons (Fsp3) is 0.467. The minimum Gasteiger partial charge on any atom is -0.480 e. The van der Waals surface area contributed by atoms with Crippen LogP contribution in [0.4, 0.5) is 0 Å². The Morgan fingerprint density at radius 2 is 1.95 bits per heavy atom. The average molecular weight is 343 g/mol. The third-order valence-corrected chi connectivity index (χ3v) is 4.48. The molecule has 0 aromatic heterocycles. The molecule has 0 saturated heterocycles. The summed E-state index contributed by atoms with van der Waals surface area (Å²) in [4.78, 5) is 23.4. The summed E-state index contributed by atoms with van der Waals surface area (Å²) in [5, 5.41) is 11.7. The molecule has 5 nitrogen and oxygen atoms in total. The second-order valence-electron chi connectivity index (χ2n) is 5.03. The van der Waals surface area contributed by atoms with Gasteiger partial charge in [-0.1, -0.05) is 30.3 Å². The topological polar surface area (TPSA) is 83.5 Å². The number of rotatable bonds is 9. The van der Waals surface area contributed by atoms with Gasteiger partial charge in [-0.05, 0) is 18.4 Å². The van der Waals surface area contributed by atoms with Gasteiger partial charge in [0.05, 0.1) is 5.92 Å². The van der Waals surface area contributed by atoms with Crippen molar-refractivity contribution >= 4 is 35.3 Å². The van der Waals surface area contributed by atoms with Crippen LogP contribution in [0.2, 0.25) is 0 Å². The standard InChI is InChI=1S/C15H21NO4S2/c1-22(20)8-7-13(15(18)19)16-14(17)12(10-21)9-11-5-3-2-4-6-11/h2-6,12-13,21H,7-10H2,1H3,(H,16,17)(H,18,19)/t12-,13+,22?/m1/s1. The van der Waals surface area contributed by atoms with Crippen LogP contribution in [0.5, 0.6) is 0 Å². The second kappa shape index (κ2) is 9.63. The summed E-state index contributed by atoms with van der Waals surface area (Å²) < 4.78 is 11.1. The number of carboxylic acids is 1. The molecule has 3 atom stereocenters. The Morgan fingerprint density at radius 3 is 2.45 bits per heavy atom. The fourth-order valence-electron chi connectivity index (χ4n) is 1.97. The molecule has 0 radical (unpaired) electrons. The first-order valence-corrected chi connectivity index (χ1v) is 9.28. The number of carboxylic acid groups (broad SMARTS) is 1. The Hall–Kier alpha value is -1.34. The predicted octanol–water partition coefficient (Wildman–Crippen LogP) is 1.11. The molecule has 1 aromatic carbocycles. The molecule has 0 aliphatic heterocycles. The van der Waals surface area contributed by atoms with Gasteiger partial charge in [0.15, 0.2) is 0 Å². The van der Waals surface area contributed by atoms with Gasteiger partial charge in [0, 0.05) is 28.6 Å². The van der Waals surface area contributed by atoms with Crippen LogP contribution >= 0.6 is 12.6 Å². The van der Waals surface area contributed by atoms with Crippen LogP contribution in [-0.2, 0) is 26.8 Å². The van der Waals surface area contributed by atoms with E-state index in [-0.39, 0.29) is 18.1 Å². The first-order chi connectivity index (χ1) is 10.4. The quantitative estimate of drug-likeness (QED) is 0.587. The van der Waals surface area contributed by atoms with Crippen LogP contribution in [0.1, 0.15) is 12.0 Å². The maximum Gasteiger partial charge on any atom is 0.326 e. The first kappa shape index (κ1) is 18.7. The van der Waals surface area contributed by atoms with Crippen LogP contribution < -0.4 is 5.32 Å². The highest BCUT2D eigenvalue weighted by Gasteiger charge is 2.24. The number of nitrogens with one attached hydrogen (secondary N) is 1. The third-order valence-electron chi connectivity index (χ3n) is 3.22. The van der Waals surface area contributed by atoms with E-state index in [1.807, 2.05) is 30.3 Å². The SMILES string of the molecule is CS(=O)CC[C@H](NC(=O)[C@@H](CS)Cc1ccccc1)C(=O)O. The van der Waals surface area contributed by atoms with E-state index in [2.05, 4.69) is 17.9 Å². The van der Waals surface area contributed by atoms with E-state index in [1.54, 1.807) is 0 Å².